The molecule has 1 atom stereocenters. The minimum absolute atomic E-state index is 0.0508. The van der Waals surface area contributed by atoms with Gasteiger partial charge in [0.25, 0.3) is 5.56 Å². The van der Waals surface area contributed by atoms with Crippen LogP contribution in [0.5, 0.6) is 5.75 Å². The van der Waals surface area contributed by atoms with Crippen molar-refractivity contribution in [2.75, 3.05) is 23.1 Å². The van der Waals surface area contributed by atoms with Gasteiger partial charge in [-0.1, -0.05) is 30.3 Å². The van der Waals surface area contributed by atoms with Crippen LogP contribution in [-0.2, 0) is 22.6 Å². The maximum absolute atomic E-state index is 12.6. The van der Waals surface area contributed by atoms with Crippen LogP contribution in [0.1, 0.15) is 17.5 Å². The number of anilines is 3. The maximum atomic E-state index is 12.6. The highest BCUT2D eigenvalue weighted by molar-refractivity contribution is 5.99. The largest absolute Gasteiger partial charge is 0.497 e. The number of methoxy groups -OCH3 is 1. The van der Waals surface area contributed by atoms with Crippen LogP contribution in [0, 0.1) is 5.92 Å². The first-order valence-electron chi connectivity index (χ1n) is 10.2. The molecule has 164 valence electrons. The van der Waals surface area contributed by atoms with Gasteiger partial charge in [0.15, 0.2) is 0 Å². The van der Waals surface area contributed by atoms with E-state index in [0.717, 1.165) is 5.56 Å². The lowest BCUT2D eigenvalue weighted by molar-refractivity contribution is -0.125. The predicted molar refractivity (Wildman–Crippen MR) is 121 cm³/mol. The molecule has 0 saturated heterocycles. The van der Waals surface area contributed by atoms with Crippen molar-refractivity contribution in [2.45, 2.75) is 19.4 Å². The molecule has 4 rings (SSSR count). The molecule has 0 fully saturated rings. The fourth-order valence-electron chi connectivity index (χ4n) is 3.49. The summed E-state index contributed by atoms with van der Waals surface area (Å²) in [6, 6.07) is 16.6. The van der Waals surface area contributed by atoms with Crippen LogP contribution in [0.3, 0.4) is 0 Å². The highest BCUT2D eigenvalue weighted by atomic mass is 16.5. The molecule has 1 aliphatic rings. The molecule has 32 heavy (non-hydrogen) atoms. The number of hydrogen-bond acceptors (Lipinski definition) is 6. The number of rotatable bonds is 7. The topological polar surface area (TPSA) is 125 Å². The number of carbonyl (C=O) groups is 2. The van der Waals surface area contributed by atoms with Gasteiger partial charge in [0.05, 0.1) is 18.6 Å². The number of hydrogen-bond donors (Lipinski definition) is 4. The number of nitrogens with zero attached hydrogens (tertiary/aromatic N) is 1. The molecule has 0 saturated carbocycles. The zero-order valence-corrected chi connectivity index (χ0v) is 17.5. The first-order chi connectivity index (χ1) is 15.5. The van der Waals surface area contributed by atoms with E-state index in [0.29, 0.717) is 23.5 Å². The summed E-state index contributed by atoms with van der Waals surface area (Å²) < 4.78 is 5.09. The van der Waals surface area contributed by atoms with Crippen molar-refractivity contribution in [3.05, 3.63) is 76.1 Å². The summed E-state index contributed by atoms with van der Waals surface area (Å²) in [5, 5.41) is 8.48. The molecule has 3 aromatic rings. The Morgan fingerprint density at radius 2 is 1.88 bits per heavy atom. The average Bonchev–Trinajstić information content (AvgIpc) is 2.80. The van der Waals surface area contributed by atoms with E-state index in [1.54, 1.807) is 31.4 Å². The first-order valence-corrected chi connectivity index (χ1v) is 10.2. The second-order valence-electron chi connectivity index (χ2n) is 7.45. The summed E-state index contributed by atoms with van der Waals surface area (Å²) in [5.74, 6) is -0.143. The van der Waals surface area contributed by atoms with Gasteiger partial charge in [-0.2, -0.15) is 4.98 Å². The van der Waals surface area contributed by atoms with Crippen molar-refractivity contribution in [1.29, 1.82) is 0 Å². The Hall–Kier alpha value is -4.14. The highest BCUT2D eigenvalue weighted by Gasteiger charge is 2.31. The van der Waals surface area contributed by atoms with Gasteiger partial charge in [0.2, 0.25) is 17.8 Å². The summed E-state index contributed by atoms with van der Waals surface area (Å²) >= 11 is 0. The van der Waals surface area contributed by atoms with Gasteiger partial charge in [0, 0.05) is 18.7 Å². The van der Waals surface area contributed by atoms with Crippen LogP contribution in [0.4, 0.5) is 17.5 Å². The summed E-state index contributed by atoms with van der Waals surface area (Å²) in [7, 11) is 1.56. The van der Waals surface area contributed by atoms with Crippen molar-refractivity contribution in [3.8, 4) is 5.75 Å². The highest BCUT2D eigenvalue weighted by Crippen LogP contribution is 2.24. The Morgan fingerprint density at radius 3 is 2.59 bits per heavy atom. The lowest BCUT2D eigenvalue weighted by Crippen LogP contribution is -2.37. The van der Waals surface area contributed by atoms with Gasteiger partial charge in [-0.3, -0.25) is 19.4 Å². The molecule has 9 nitrogen and oxygen atoms in total. The quantitative estimate of drug-likeness (QED) is 0.454. The fourth-order valence-corrected chi connectivity index (χ4v) is 3.49. The molecule has 1 unspecified atom stereocenters. The van der Waals surface area contributed by atoms with Crippen molar-refractivity contribution >= 4 is 29.3 Å². The molecule has 2 aromatic carbocycles. The summed E-state index contributed by atoms with van der Waals surface area (Å²) in [5.41, 5.74) is 1.64. The number of aromatic nitrogens is 2. The molecule has 2 amide bonds. The second kappa shape index (κ2) is 9.34. The minimum Gasteiger partial charge on any atom is -0.497 e. The molecular weight excluding hydrogens is 410 g/mol. The third-order valence-corrected chi connectivity index (χ3v) is 5.19. The molecule has 0 aliphatic carbocycles. The lowest BCUT2D eigenvalue weighted by atomic mass is 9.92. The third kappa shape index (κ3) is 4.94. The lowest BCUT2D eigenvalue weighted by Gasteiger charge is -2.23. The van der Waals surface area contributed by atoms with Gasteiger partial charge in [-0.05, 0) is 36.2 Å². The third-order valence-electron chi connectivity index (χ3n) is 5.19. The van der Waals surface area contributed by atoms with Gasteiger partial charge < -0.3 is 20.7 Å². The Bertz CT molecular complexity index is 1180. The number of fused-ring (bicyclic) bond motifs is 1. The standard InChI is InChI=1S/C23H23N5O4/c1-32-17-9-7-16(8-10-17)25-19(29)12-15-11-18-20(26-21(15)30)27-23(28-22(18)31)24-13-14-5-3-2-4-6-14/h2-10,15H,11-13H2,1H3,(H,25,29)(H3,24,26,27,28,30,31). The van der Waals surface area contributed by atoms with Crippen molar-refractivity contribution in [3.63, 3.8) is 0 Å². The Labute approximate surface area is 184 Å². The fraction of sp³-hybridized carbons (Fsp3) is 0.217. The van der Waals surface area contributed by atoms with E-state index >= 15 is 0 Å². The SMILES string of the molecule is COc1ccc(NC(=O)CC2Cc3c(nc(NCc4ccccc4)[nH]c3=O)NC2=O)cc1. The summed E-state index contributed by atoms with van der Waals surface area (Å²) in [4.78, 5) is 44.6. The smallest absolute Gasteiger partial charge is 0.257 e. The molecule has 1 aliphatic heterocycles. The Kier molecular flexibility index (Phi) is 6.16. The van der Waals surface area contributed by atoms with Crippen molar-refractivity contribution in [1.82, 2.24) is 9.97 Å². The number of benzene rings is 2. The van der Waals surface area contributed by atoms with Crippen LogP contribution in [0.2, 0.25) is 0 Å². The van der Waals surface area contributed by atoms with E-state index in [2.05, 4.69) is 25.9 Å². The Morgan fingerprint density at radius 1 is 1.12 bits per heavy atom. The summed E-state index contributed by atoms with van der Waals surface area (Å²) in [6.07, 6.45) is 0.0866. The molecule has 0 bridgehead atoms. The number of amides is 2. The van der Waals surface area contributed by atoms with Crippen LogP contribution in [0.15, 0.2) is 59.4 Å². The number of aromatic amines is 1. The van der Waals surface area contributed by atoms with Gasteiger partial charge in [-0.25, -0.2) is 0 Å². The van der Waals surface area contributed by atoms with E-state index in [1.807, 2.05) is 30.3 Å². The maximum Gasteiger partial charge on any atom is 0.257 e. The molecular formula is C23H23N5O4. The monoisotopic (exact) mass is 433 g/mol. The van der Waals surface area contributed by atoms with Gasteiger partial charge in [-0.15, -0.1) is 0 Å². The molecule has 1 aromatic heterocycles. The van der Waals surface area contributed by atoms with Crippen LogP contribution in [-0.4, -0.2) is 28.9 Å². The normalized spacial score (nSPS) is 14.8. The van der Waals surface area contributed by atoms with Gasteiger partial charge in [0.1, 0.15) is 11.6 Å². The molecule has 9 heteroatoms. The predicted octanol–water partition coefficient (Wildman–Crippen LogP) is 2.53. The first kappa shape index (κ1) is 21.1. The van der Waals surface area contributed by atoms with Crippen LogP contribution >= 0.6 is 0 Å². The van der Waals surface area contributed by atoms with Crippen LogP contribution < -0.4 is 26.2 Å². The number of ether oxygens (including phenoxy) is 1. The van der Waals surface area contributed by atoms with E-state index < -0.39 is 5.92 Å². The van der Waals surface area contributed by atoms with E-state index in [9.17, 15) is 14.4 Å². The van der Waals surface area contributed by atoms with Crippen molar-refractivity contribution in [2.24, 2.45) is 5.92 Å². The second-order valence-corrected chi connectivity index (χ2v) is 7.45. The number of nitrogens with one attached hydrogen (secondary N) is 4. The molecule has 0 radical (unpaired) electrons. The summed E-state index contributed by atoms with van der Waals surface area (Å²) in [6.45, 7) is 0.477. The van der Waals surface area contributed by atoms with E-state index in [1.165, 1.54) is 0 Å². The minimum atomic E-state index is -0.660. The van der Waals surface area contributed by atoms with E-state index in [-0.39, 0.29) is 42.0 Å². The zero-order valence-electron chi connectivity index (χ0n) is 17.5. The molecule has 2 heterocycles. The van der Waals surface area contributed by atoms with Crippen LogP contribution in [0.25, 0.3) is 0 Å². The van der Waals surface area contributed by atoms with Gasteiger partial charge >= 0.3 is 0 Å². The molecule has 0 spiro atoms. The number of H-pyrrole nitrogens is 1. The van der Waals surface area contributed by atoms with E-state index in [4.69, 9.17) is 4.74 Å². The Balaban J connectivity index is 1.40. The zero-order chi connectivity index (χ0) is 22.5. The average molecular weight is 433 g/mol. The van der Waals surface area contributed by atoms with Crippen molar-refractivity contribution < 1.29 is 14.3 Å². The number of carbonyl (C=O) groups excluding carboxylic acids is 2. The molecule has 4 N–H and O–H groups in total.